The molecule has 0 saturated heterocycles. The monoisotopic (exact) mass is 539 g/mol. The number of nitrogens with one attached hydrogen (secondary N) is 2. The SMILES string of the molecule is CN=C(NCCc1nc(C(F)(F)F)cs1)NCc1ccc2c(c1)CCCN2C.I. The highest BCUT2D eigenvalue weighted by Gasteiger charge is 2.33. The van der Waals surface area contributed by atoms with Gasteiger partial charge < -0.3 is 15.5 Å². The van der Waals surface area contributed by atoms with Gasteiger partial charge in [-0.1, -0.05) is 12.1 Å². The smallest absolute Gasteiger partial charge is 0.374 e. The highest BCUT2D eigenvalue weighted by atomic mass is 127. The number of hydrogen-bond acceptors (Lipinski definition) is 4. The molecule has 0 saturated carbocycles. The molecular formula is C19H25F3IN5S. The minimum Gasteiger partial charge on any atom is -0.374 e. The van der Waals surface area contributed by atoms with E-state index in [1.54, 1.807) is 7.05 Å². The van der Waals surface area contributed by atoms with Crippen LogP contribution >= 0.6 is 35.3 Å². The molecule has 1 aliphatic heterocycles. The summed E-state index contributed by atoms with van der Waals surface area (Å²) in [6.45, 7) is 2.18. The predicted molar refractivity (Wildman–Crippen MR) is 122 cm³/mol. The standard InChI is InChI=1S/C19H24F3N5S.HI/c1-23-18(24-8-7-17-26-16(12-28-17)19(20,21)22)25-11-13-5-6-15-14(10-13)4-3-9-27(15)2;/h5-6,10,12H,3-4,7-9,11H2,1-2H3,(H2,23,24,25);1H. The lowest BCUT2D eigenvalue weighted by atomic mass is 9.99. The molecule has 0 aliphatic carbocycles. The first kappa shape index (κ1) is 23.7. The van der Waals surface area contributed by atoms with Crippen molar-refractivity contribution in [2.24, 2.45) is 4.99 Å². The van der Waals surface area contributed by atoms with Crippen molar-refractivity contribution < 1.29 is 13.2 Å². The number of rotatable bonds is 5. The number of aryl methyl sites for hydroxylation is 1. The largest absolute Gasteiger partial charge is 0.434 e. The number of guanidine groups is 1. The summed E-state index contributed by atoms with van der Waals surface area (Å²) in [6.07, 6.45) is -1.72. The lowest BCUT2D eigenvalue weighted by Crippen LogP contribution is -2.37. The van der Waals surface area contributed by atoms with Crippen molar-refractivity contribution in [3.05, 3.63) is 45.4 Å². The quantitative estimate of drug-likeness (QED) is 0.342. The van der Waals surface area contributed by atoms with Gasteiger partial charge in [-0.15, -0.1) is 35.3 Å². The fourth-order valence-electron chi connectivity index (χ4n) is 3.20. The molecule has 10 heteroatoms. The van der Waals surface area contributed by atoms with E-state index < -0.39 is 11.9 Å². The van der Waals surface area contributed by atoms with Crippen molar-refractivity contribution in [2.45, 2.75) is 32.0 Å². The Morgan fingerprint density at radius 2 is 2.10 bits per heavy atom. The summed E-state index contributed by atoms with van der Waals surface area (Å²) in [4.78, 5) is 10.1. The Labute approximate surface area is 189 Å². The average Bonchev–Trinajstić information content (AvgIpc) is 3.14. The summed E-state index contributed by atoms with van der Waals surface area (Å²) in [5, 5.41) is 7.87. The first-order chi connectivity index (χ1) is 13.4. The van der Waals surface area contributed by atoms with Crippen LogP contribution in [0.25, 0.3) is 0 Å². The van der Waals surface area contributed by atoms with Gasteiger partial charge >= 0.3 is 6.18 Å². The number of nitrogens with zero attached hydrogens (tertiary/aromatic N) is 3. The molecule has 0 amide bonds. The zero-order valence-corrected chi connectivity index (χ0v) is 19.5. The van der Waals surface area contributed by atoms with Gasteiger partial charge in [0, 0.05) is 51.2 Å². The summed E-state index contributed by atoms with van der Waals surface area (Å²) in [5.74, 6) is 0.613. The van der Waals surface area contributed by atoms with E-state index in [0.29, 0.717) is 30.5 Å². The minimum atomic E-state index is -4.39. The number of aliphatic imine (C=N–C) groups is 1. The number of benzene rings is 1. The van der Waals surface area contributed by atoms with E-state index in [1.165, 1.54) is 16.8 Å². The second-order valence-corrected chi connectivity index (χ2v) is 7.66. The van der Waals surface area contributed by atoms with Gasteiger partial charge in [-0.25, -0.2) is 4.98 Å². The average molecular weight is 539 g/mol. The van der Waals surface area contributed by atoms with E-state index in [-0.39, 0.29) is 24.0 Å². The van der Waals surface area contributed by atoms with Crippen molar-refractivity contribution >= 4 is 47.0 Å². The van der Waals surface area contributed by atoms with Crippen LogP contribution in [0.5, 0.6) is 0 Å². The third-order valence-electron chi connectivity index (χ3n) is 4.65. The molecule has 0 radical (unpaired) electrons. The van der Waals surface area contributed by atoms with Crippen LogP contribution in [0.15, 0.2) is 28.6 Å². The Hall–Kier alpha value is -1.56. The second-order valence-electron chi connectivity index (χ2n) is 6.71. The first-order valence-electron chi connectivity index (χ1n) is 9.16. The van der Waals surface area contributed by atoms with Crippen LogP contribution < -0.4 is 15.5 Å². The Morgan fingerprint density at radius 3 is 2.79 bits per heavy atom. The molecular weight excluding hydrogens is 514 g/mol. The fourth-order valence-corrected chi connectivity index (χ4v) is 4.00. The van der Waals surface area contributed by atoms with Gasteiger partial charge in [0.15, 0.2) is 11.7 Å². The Bertz CT molecular complexity index is 837. The molecule has 3 rings (SSSR count). The van der Waals surface area contributed by atoms with E-state index in [1.807, 2.05) is 0 Å². The summed E-state index contributed by atoms with van der Waals surface area (Å²) in [6, 6.07) is 6.48. The Morgan fingerprint density at radius 1 is 1.31 bits per heavy atom. The molecule has 0 bridgehead atoms. The molecule has 160 valence electrons. The molecule has 2 aromatic rings. The molecule has 1 aliphatic rings. The summed E-state index contributed by atoms with van der Waals surface area (Å²) in [5.41, 5.74) is 3.00. The highest BCUT2D eigenvalue weighted by Crippen LogP contribution is 2.30. The van der Waals surface area contributed by atoms with Crippen LogP contribution in [0.4, 0.5) is 18.9 Å². The van der Waals surface area contributed by atoms with Crippen LogP contribution in [0.1, 0.15) is 28.2 Å². The number of aromatic nitrogens is 1. The zero-order chi connectivity index (χ0) is 20.1. The zero-order valence-electron chi connectivity index (χ0n) is 16.3. The highest BCUT2D eigenvalue weighted by molar-refractivity contribution is 14.0. The molecule has 1 aromatic heterocycles. The molecule has 0 fully saturated rings. The predicted octanol–water partition coefficient (Wildman–Crippen LogP) is 4.07. The van der Waals surface area contributed by atoms with Crippen LogP contribution in [0.2, 0.25) is 0 Å². The fraction of sp³-hybridized carbons (Fsp3) is 0.474. The van der Waals surface area contributed by atoms with Gasteiger partial charge in [-0.3, -0.25) is 4.99 Å². The lowest BCUT2D eigenvalue weighted by Gasteiger charge is -2.28. The van der Waals surface area contributed by atoms with Crippen molar-refractivity contribution in [1.29, 1.82) is 0 Å². The normalized spacial score (nSPS) is 14.2. The van der Waals surface area contributed by atoms with Crippen LogP contribution in [0, 0.1) is 0 Å². The van der Waals surface area contributed by atoms with Gasteiger partial charge in [0.25, 0.3) is 0 Å². The maximum Gasteiger partial charge on any atom is 0.434 e. The minimum absolute atomic E-state index is 0. The van der Waals surface area contributed by atoms with Crippen LogP contribution in [0.3, 0.4) is 0 Å². The second kappa shape index (κ2) is 10.5. The van der Waals surface area contributed by atoms with E-state index in [9.17, 15) is 13.2 Å². The van der Waals surface area contributed by atoms with Crippen molar-refractivity contribution in [2.75, 3.05) is 32.1 Å². The molecule has 0 spiro atoms. The number of halogens is 4. The molecule has 2 heterocycles. The van der Waals surface area contributed by atoms with Gasteiger partial charge in [-0.05, 0) is 30.0 Å². The third-order valence-corrected chi connectivity index (χ3v) is 5.56. The Kier molecular flexibility index (Phi) is 8.56. The summed E-state index contributed by atoms with van der Waals surface area (Å²) >= 11 is 1.02. The first-order valence-corrected chi connectivity index (χ1v) is 10.0. The van der Waals surface area contributed by atoms with E-state index in [2.05, 4.69) is 50.8 Å². The van der Waals surface area contributed by atoms with E-state index in [4.69, 9.17) is 0 Å². The maximum atomic E-state index is 12.6. The number of thiazole rings is 1. The molecule has 1 aromatic carbocycles. The maximum absolute atomic E-state index is 12.6. The number of anilines is 1. The van der Waals surface area contributed by atoms with Crippen molar-refractivity contribution in [3.63, 3.8) is 0 Å². The van der Waals surface area contributed by atoms with Gasteiger partial charge in [-0.2, -0.15) is 13.2 Å². The molecule has 0 unspecified atom stereocenters. The van der Waals surface area contributed by atoms with E-state index in [0.717, 1.165) is 36.1 Å². The molecule has 0 atom stereocenters. The third kappa shape index (κ3) is 6.46. The topological polar surface area (TPSA) is 52.6 Å². The number of fused-ring (bicyclic) bond motifs is 1. The Balaban J connectivity index is 0.00000300. The van der Waals surface area contributed by atoms with Crippen molar-refractivity contribution in [3.8, 4) is 0 Å². The van der Waals surface area contributed by atoms with Crippen LogP contribution in [-0.2, 0) is 25.6 Å². The van der Waals surface area contributed by atoms with E-state index >= 15 is 0 Å². The molecule has 5 nitrogen and oxygen atoms in total. The summed E-state index contributed by atoms with van der Waals surface area (Å²) in [7, 11) is 3.78. The van der Waals surface area contributed by atoms with Crippen LogP contribution in [-0.4, -0.2) is 38.1 Å². The van der Waals surface area contributed by atoms with Crippen molar-refractivity contribution in [1.82, 2.24) is 15.6 Å². The van der Waals surface area contributed by atoms with Gasteiger partial charge in [0.2, 0.25) is 0 Å². The number of hydrogen-bond donors (Lipinski definition) is 2. The van der Waals surface area contributed by atoms with Gasteiger partial charge in [0.05, 0.1) is 5.01 Å². The molecule has 2 N–H and O–H groups in total. The number of alkyl halides is 3. The molecule has 29 heavy (non-hydrogen) atoms. The van der Waals surface area contributed by atoms with Gasteiger partial charge in [0.1, 0.15) is 0 Å². The lowest BCUT2D eigenvalue weighted by molar-refractivity contribution is -0.140. The summed E-state index contributed by atoms with van der Waals surface area (Å²) < 4.78 is 37.8.